The largest absolute Gasteiger partial charge is 0.493 e. The molecule has 0 aliphatic heterocycles. The first-order valence-electron chi connectivity index (χ1n) is 6.96. The molecule has 0 aliphatic carbocycles. The zero-order valence-corrected chi connectivity index (χ0v) is 12.7. The van der Waals surface area contributed by atoms with Gasteiger partial charge in [0.1, 0.15) is 6.07 Å². The van der Waals surface area contributed by atoms with E-state index in [0.29, 0.717) is 28.1 Å². The van der Waals surface area contributed by atoms with Gasteiger partial charge in [0.05, 0.1) is 25.3 Å². The fraction of sp³-hybridized carbons (Fsp3) is 0.111. The number of para-hydroxylation sites is 1. The Kier molecular flexibility index (Phi) is 3.73. The van der Waals surface area contributed by atoms with Crippen molar-refractivity contribution in [3.05, 3.63) is 59.8 Å². The first-order valence-corrected chi connectivity index (χ1v) is 6.96. The maximum atomic E-state index is 12.8. The fourth-order valence-corrected chi connectivity index (χ4v) is 2.55. The number of nitrogens with zero attached hydrogens (tertiary/aromatic N) is 2. The molecule has 3 aromatic rings. The van der Waals surface area contributed by atoms with Crippen molar-refractivity contribution in [2.24, 2.45) is 0 Å². The topological polar surface area (TPSA) is 64.2 Å². The minimum absolute atomic E-state index is 0.233. The predicted molar refractivity (Wildman–Crippen MR) is 85.9 cm³/mol. The number of carbonyl (C=O) groups excluding carboxylic acids is 1. The summed E-state index contributed by atoms with van der Waals surface area (Å²) in [5.74, 6) is 0.804. The average molecular weight is 306 g/mol. The normalized spacial score (nSPS) is 10.3. The maximum Gasteiger partial charge on any atom is 0.262 e. The number of nitriles is 1. The van der Waals surface area contributed by atoms with Crippen LogP contribution in [-0.4, -0.2) is 24.7 Å². The molecule has 0 radical (unpaired) electrons. The van der Waals surface area contributed by atoms with Crippen molar-refractivity contribution in [1.29, 1.82) is 5.26 Å². The van der Waals surface area contributed by atoms with Crippen LogP contribution in [0.25, 0.3) is 10.9 Å². The number of hydrogen-bond donors (Lipinski definition) is 0. The minimum Gasteiger partial charge on any atom is -0.493 e. The molecule has 1 aromatic heterocycles. The van der Waals surface area contributed by atoms with Crippen molar-refractivity contribution < 1.29 is 14.3 Å². The molecular weight excluding hydrogens is 292 g/mol. The molecule has 1 heterocycles. The number of methoxy groups -OCH3 is 2. The Morgan fingerprint density at radius 2 is 1.83 bits per heavy atom. The number of fused-ring (bicyclic) bond motifs is 1. The molecule has 0 saturated heterocycles. The first-order chi connectivity index (χ1) is 11.2. The molecule has 5 nitrogen and oxygen atoms in total. The molecule has 0 unspecified atom stereocenters. The van der Waals surface area contributed by atoms with E-state index in [-0.39, 0.29) is 5.91 Å². The summed E-state index contributed by atoms with van der Waals surface area (Å²) in [6.45, 7) is 0. The lowest BCUT2D eigenvalue weighted by Crippen LogP contribution is -2.11. The molecule has 0 atom stereocenters. The minimum atomic E-state index is -0.233. The van der Waals surface area contributed by atoms with Crippen LogP contribution in [0.2, 0.25) is 0 Å². The van der Waals surface area contributed by atoms with Gasteiger partial charge in [0.25, 0.3) is 5.91 Å². The van der Waals surface area contributed by atoms with E-state index in [4.69, 9.17) is 9.47 Å². The van der Waals surface area contributed by atoms with Gasteiger partial charge in [0.15, 0.2) is 11.5 Å². The van der Waals surface area contributed by atoms with Crippen molar-refractivity contribution in [2.45, 2.75) is 0 Å². The molecule has 114 valence electrons. The molecule has 3 rings (SSSR count). The number of carbonyl (C=O) groups is 1. The van der Waals surface area contributed by atoms with Crippen LogP contribution in [0.15, 0.2) is 48.7 Å². The van der Waals surface area contributed by atoms with Crippen molar-refractivity contribution in [3.8, 4) is 17.6 Å². The number of benzene rings is 2. The molecule has 0 saturated carbocycles. The van der Waals surface area contributed by atoms with Gasteiger partial charge in [-0.2, -0.15) is 5.26 Å². The van der Waals surface area contributed by atoms with Crippen LogP contribution in [0.4, 0.5) is 0 Å². The summed E-state index contributed by atoms with van der Waals surface area (Å²) in [6, 6.07) is 14.4. The molecular formula is C18H14N2O3. The Morgan fingerprint density at radius 1 is 1.09 bits per heavy atom. The van der Waals surface area contributed by atoms with E-state index in [2.05, 4.69) is 6.07 Å². The summed E-state index contributed by atoms with van der Waals surface area (Å²) in [4.78, 5) is 12.8. The Bertz CT molecular complexity index is 935. The maximum absolute atomic E-state index is 12.8. The van der Waals surface area contributed by atoms with E-state index < -0.39 is 0 Å². The van der Waals surface area contributed by atoms with Crippen LogP contribution in [0.1, 0.15) is 15.9 Å². The highest BCUT2D eigenvalue weighted by Gasteiger charge is 2.16. The van der Waals surface area contributed by atoms with E-state index >= 15 is 0 Å². The van der Waals surface area contributed by atoms with Crippen LogP contribution >= 0.6 is 0 Å². The predicted octanol–water partition coefficient (Wildman–Crippen LogP) is 3.22. The van der Waals surface area contributed by atoms with Gasteiger partial charge in [-0.25, -0.2) is 0 Å². The summed E-state index contributed by atoms with van der Waals surface area (Å²) in [5, 5.41) is 9.99. The summed E-state index contributed by atoms with van der Waals surface area (Å²) >= 11 is 0. The SMILES string of the molecule is COc1ccc(C(=O)n2cc(C#N)c3ccccc32)cc1OC. The monoisotopic (exact) mass is 306 g/mol. The Morgan fingerprint density at radius 3 is 2.52 bits per heavy atom. The number of ether oxygens (including phenoxy) is 2. The van der Waals surface area contributed by atoms with E-state index in [1.807, 2.05) is 24.3 Å². The number of aromatic nitrogens is 1. The van der Waals surface area contributed by atoms with Gasteiger partial charge in [0.2, 0.25) is 0 Å². The average Bonchev–Trinajstić information content (AvgIpc) is 2.99. The van der Waals surface area contributed by atoms with Crippen molar-refractivity contribution in [2.75, 3.05) is 14.2 Å². The van der Waals surface area contributed by atoms with Gasteiger partial charge in [-0.3, -0.25) is 9.36 Å². The van der Waals surface area contributed by atoms with E-state index in [0.717, 1.165) is 5.39 Å². The zero-order valence-electron chi connectivity index (χ0n) is 12.7. The van der Waals surface area contributed by atoms with Gasteiger partial charge in [-0.15, -0.1) is 0 Å². The molecule has 0 N–H and O–H groups in total. The van der Waals surface area contributed by atoms with E-state index in [1.165, 1.54) is 18.8 Å². The molecule has 0 fully saturated rings. The highest BCUT2D eigenvalue weighted by Crippen LogP contribution is 2.29. The van der Waals surface area contributed by atoms with E-state index in [1.54, 1.807) is 24.4 Å². The summed E-state index contributed by atoms with van der Waals surface area (Å²) in [5.41, 5.74) is 1.62. The third kappa shape index (κ3) is 2.40. The molecule has 0 bridgehead atoms. The van der Waals surface area contributed by atoms with Gasteiger partial charge in [-0.1, -0.05) is 18.2 Å². The summed E-state index contributed by atoms with van der Waals surface area (Å²) in [7, 11) is 3.06. The third-order valence-corrected chi connectivity index (χ3v) is 3.68. The Labute approximate surface area is 133 Å². The lowest BCUT2D eigenvalue weighted by atomic mass is 10.1. The number of rotatable bonds is 3. The highest BCUT2D eigenvalue weighted by atomic mass is 16.5. The quantitative estimate of drug-likeness (QED) is 0.745. The highest BCUT2D eigenvalue weighted by molar-refractivity contribution is 6.03. The van der Waals surface area contributed by atoms with Crippen LogP contribution < -0.4 is 9.47 Å². The standard InChI is InChI=1S/C18H14N2O3/c1-22-16-8-7-12(9-17(16)23-2)18(21)20-11-13(10-19)14-5-3-4-6-15(14)20/h3-9,11H,1-2H3. The van der Waals surface area contributed by atoms with Crippen molar-refractivity contribution in [1.82, 2.24) is 4.57 Å². The summed E-state index contributed by atoms with van der Waals surface area (Å²) in [6.07, 6.45) is 1.56. The molecule has 0 spiro atoms. The Hall–Kier alpha value is -3.26. The van der Waals surface area contributed by atoms with E-state index in [9.17, 15) is 10.1 Å². The van der Waals surface area contributed by atoms with Crippen LogP contribution in [0.5, 0.6) is 11.5 Å². The van der Waals surface area contributed by atoms with Crippen molar-refractivity contribution >= 4 is 16.8 Å². The smallest absolute Gasteiger partial charge is 0.262 e. The van der Waals surface area contributed by atoms with Crippen LogP contribution in [0, 0.1) is 11.3 Å². The second-order valence-electron chi connectivity index (χ2n) is 4.92. The lowest BCUT2D eigenvalue weighted by Gasteiger charge is -2.10. The second kappa shape index (κ2) is 5.85. The molecule has 0 aliphatic rings. The molecule has 2 aromatic carbocycles. The second-order valence-corrected chi connectivity index (χ2v) is 4.92. The first kappa shape index (κ1) is 14.7. The van der Waals surface area contributed by atoms with Gasteiger partial charge >= 0.3 is 0 Å². The zero-order chi connectivity index (χ0) is 16.4. The molecule has 0 amide bonds. The fourth-order valence-electron chi connectivity index (χ4n) is 2.55. The van der Waals surface area contributed by atoms with Gasteiger partial charge in [-0.05, 0) is 24.3 Å². The van der Waals surface area contributed by atoms with Gasteiger partial charge < -0.3 is 9.47 Å². The van der Waals surface area contributed by atoms with Gasteiger partial charge in [0, 0.05) is 17.1 Å². The van der Waals surface area contributed by atoms with Crippen LogP contribution in [0.3, 0.4) is 0 Å². The van der Waals surface area contributed by atoms with Crippen molar-refractivity contribution in [3.63, 3.8) is 0 Å². The number of hydrogen-bond acceptors (Lipinski definition) is 4. The summed E-state index contributed by atoms with van der Waals surface area (Å²) < 4.78 is 11.9. The molecule has 23 heavy (non-hydrogen) atoms. The third-order valence-electron chi connectivity index (χ3n) is 3.68. The van der Waals surface area contributed by atoms with Crippen LogP contribution in [-0.2, 0) is 0 Å². The molecule has 5 heteroatoms. The Balaban J connectivity index is 2.13. The lowest BCUT2D eigenvalue weighted by molar-refractivity contribution is 0.0964.